The molecule has 0 spiro atoms. The van der Waals surface area contributed by atoms with Gasteiger partial charge < -0.3 is 14.7 Å². The fraction of sp³-hybridized carbons (Fsp3) is 0.667. The van der Waals surface area contributed by atoms with E-state index in [0.29, 0.717) is 13.1 Å². The van der Waals surface area contributed by atoms with E-state index in [1.165, 1.54) is 0 Å². The fourth-order valence-corrected chi connectivity index (χ4v) is 4.35. The SMILES string of the molecule is CCCCC1(CCCC)C(C)N(c2cccc(OC)c2)CCN1C(=O)O. The van der Waals surface area contributed by atoms with Crippen LogP contribution in [-0.4, -0.2) is 47.9 Å². The van der Waals surface area contributed by atoms with Gasteiger partial charge in [0.1, 0.15) is 5.75 Å². The molecule has 1 aromatic carbocycles. The monoisotopic (exact) mass is 362 g/mol. The van der Waals surface area contributed by atoms with Gasteiger partial charge in [0.25, 0.3) is 0 Å². The summed E-state index contributed by atoms with van der Waals surface area (Å²) in [6.07, 6.45) is 5.29. The fourth-order valence-electron chi connectivity index (χ4n) is 4.35. The molecule has 0 aliphatic carbocycles. The number of hydrogen-bond donors (Lipinski definition) is 1. The summed E-state index contributed by atoms with van der Waals surface area (Å²) >= 11 is 0. The van der Waals surface area contributed by atoms with Crippen molar-refractivity contribution in [3.63, 3.8) is 0 Å². The second-order valence-electron chi connectivity index (χ2n) is 7.32. The van der Waals surface area contributed by atoms with Crippen molar-refractivity contribution < 1.29 is 14.6 Å². The quantitative estimate of drug-likeness (QED) is 0.707. The summed E-state index contributed by atoms with van der Waals surface area (Å²) < 4.78 is 5.39. The predicted molar refractivity (Wildman–Crippen MR) is 106 cm³/mol. The second kappa shape index (κ2) is 9.15. The number of methoxy groups -OCH3 is 1. The number of amides is 1. The number of benzene rings is 1. The summed E-state index contributed by atoms with van der Waals surface area (Å²) in [5, 5.41) is 9.92. The highest BCUT2D eigenvalue weighted by Gasteiger charge is 2.48. The molecule has 146 valence electrons. The highest BCUT2D eigenvalue weighted by atomic mass is 16.5. The Bertz CT molecular complexity index is 582. The number of carboxylic acid groups (broad SMARTS) is 1. The first-order chi connectivity index (χ1) is 12.5. The van der Waals surface area contributed by atoms with Gasteiger partial charge in [-0.1, -0.05) is 45.6 Å². The van der Waals surface area contributed by atoms with E-state index in [2.05, 4.69) is 37.8 Å². The minimum atomic E-state index is -0.783. The maximum absolute atomic E-state index is 12.1. The van der Waals surface area contributed by atoms with Crippen LogP contribution in [0.5, 0.6) is 5.75 Å². The zero-order valence-corrected chi connectivity index (χ0v) is 16.7. The van der Waals surface area contributed by atoms with E-state index in [-0.39, 0.29) is 11.6 Å². The van der Waals surface area contributed by atoms with Gasteiger partial charge in [0, 0.05) is 30.9 Å². The number of rotatable bonds is 8. The molecule has 1 unspecified atom stereocenters. The van der Waals surface area contributed by atoms with E-state index in [9.17, 15) is 9.90 Å². The summed E-state index contributed by atoms with van der Waals surface area (Å²) in [7, 11) is 1.68. The first-order valence-electron chi connectivity index (χ1n) is 9.91. The Hall–Kier alpha value is -1.91. The Labute approximate surface area is 157 Å². The molecule has 1 aliphatic heterocycles. The number of piperazine rings is 1. The van der Waals surface area contributed by atoms with Crippen molar-refractivity contribution >= 4 is 11.8 Å². The zero-order valence-electron chi connectivity index (χ0n) is 16.7. The highest BCUT2D eigenvalue weighted by Crippen LogP contribution is 2.40. The van der Waals surface area contributed by atoms with Crippen LogP contribution in [0.25, 0.3) is 0 Å². The van der Waals surface area contributed by atoms with Gasteiger partial charge in [0.05, 0.1) is 12.6 Å². The Balaban J connectivity index is 2.41. The largest absolute Gasteiger partial charge is 0.497 e. The summed E-state index contributed by atoms with van der Waals surface area (Å²) in [6, 6.07) is 8.22. The molecule has 0 saturated carbocycles. The number of carbonyl (C=O) groups is 1. The maximum Gasteiger partial charge on any atom is 0.407 e. The number of unbranched alkanes of at least 4 members (excludes halogenated alkanes) is 2. The molecule has 1 aromatic rings. The number of ether oxygens (including phenoxy) is 1. The second-order valence-corrected chi connectivity index (χ2v) is 7.32. The molecule has 1 atom stereocenters. The molecule has 1 fully saturated rings. The van der Waals surface area contributed by atoms with Crippen molar-refractivity contribution in [2.45, 2.75) is 70.9 Å². The average Bonchev–Trinajstić information content (AvgIpc) is 2.65. The smallest absolute Gasteiger partial charge is 0.407 e. The van der Waals surface area contributed by atoms with Crippen LogP contribution in [0.3, 0.4) is 0 Å². The number of anilines is 1. The van der Waals surface area contributed by atoms with Crippen LogP contribution in [0.1, 0.15) is 59.3 Å². The van der Waals surface area contributed by atoms with Gasteiger partial charge in [-0.25, -0.2) is 4.79 Å². The Kier molecular flexibility index (Phi) is 7.18. The lowest BCUT2D eigenvalue weighted by Crippen LogP contribution is -2.68. The van der Waals surface area contributed by atoms with E-state index in [0.717, 1.165) is 50.0 Å². The molecule has 0 bridgehead atoms. The normalized spacial score (nSPS) is 19.5. The van der Waals surface area contributed by atoms with Crippen molar-refractivity contribution in [1.82, 2.24) is 4.90 Å². The summed E-state index contributed by atoms with van der Waals surface area (Å²) in [4.78, 5) is 16.2. The van der Waals surface area contributed by atoms with Crippen molar-refractivity contribution in [2.75, 3.05) is 25.1 Å². The molecule has 1 saturated heterocycles. The van der Waals surface area contributed by atoms with Gasteiger partial charge in [-0.05, 0) is 31.9 Å². The van der Waals surface area contributed by atoms with E-state index in [1.807, 2.05) is 12.1 Å². The molecule has 0 radical (unpaired) electrons. The molecular weight excluding hydrogens is 328 g/mol. The molecule has 2 rings (SSSR count). The van der Waals surface area contributed by atoms with Crippen LogP contribution in [0.2, 0.25) is 0 Å². The Morgan fingerprint density at radius 2 is 1.88 bits per heavy atom. The van der Waals surface area contributed by atoms with Crippen LogP contribution in [0, 0.1) is 0 Å². The van der Waals surface area contributed by atoms with Gasteiger partial charge in [-0.15, -0.1) is 0 Å². The van der Waals surface area contributed by atoms with Crippen LogP contribution in [-0.2, 0) is 0 Å². The molecule has 1 heterocycles. The standard InChI is InChI=1S/C21H34N2O3/c1-5-7-12-21(13-8-6-2)17(3)22(14-15-23(21)20(24)25)18-10-9-11-19(16-18)26-4/h9-11,16-17H,5-8,12-15H2,1-4H3,(H,24,25). The summed E-state index contributed by atoms with van der Waals surface area (Å²) in [6.45, 7) is 7.79. The molecular formula is C21H34N2O3. The molecule has 0 aromatic heterocycles. The van der Waals surface area contributed by atoms with Crippen LogP contribution in [0.15, 0.2) is 24.3 Å². The van der Waals surface area contributed by atoms with E-state index >= 15 is 0 Å². The molecule has 1 aliphatic rings. The van der Waals surface area contributed by atoms with Crippen molar-refractivity contribution in [1.29, 1.82) is 0 Å². The molecule has 1 N–H and O–H groups in total. The van der Waals surface area contributed by atoms with Gasteiger partial charge in [0.15, 0.2) is 0 Å². The first kappa shape index (κ1) is 20.4. The van der Waals surface area contributed by atoms with Gasteiger partial charge in [-0.2, -0.15) is 0 Å². The molecule has 5 nitrogen and oxygen atoms in total. The third-order valence-electron chi connectivity index (χ3n) is 5.89. The van der Waals surface area contributed by atoms with Gasteiger partial charge in [-0.3, -0.25) is 4.90 Å². The van der Waals surface area contributed by atoms with Gasteiger partial charge in [0.2, 0.25) is 0 Å². The van der Waals surface area contributed by atoms with Crippen LogP contribution in [0.4, 0.5) is 10.5 Å². The minimum Gasteiger partial charge on any atom is -0.497 e. The minimum absolute atomic E-state index is 0.123. The topological polar surface area (TPSA) is 53.0 Å². The van der Waals surface area contributed by atoms with E-state index in [4.69, 9.17) is 4.74 Å². The first-order valence-corrected chi connectivity index (χ1v) is 9.91. The molecule has 26 heavy (non-hydrogen) atoms. The number of hydrogen-bond acceptors (Lipinski definition) is 3. The third kappa shape index (κ3) is 4.08. The van der Waals surface area contributed by atoms with E-state index in [1.54, 1.807) is 12.0 Å². The predicted octanol–water partition coefficient (Wildman–Crippen LogP) is 5.00. The van der Waals surface area contributed by atoms with Gasteiger partial charge >= 0.3 is 6.09 Å². The lowest BCUT2D eigenvalue weighted by atomic mass is 9.77. The summed E-state index contributed by atoms with van der Waals surface area (Å²) in [5.41, 5.74) is 0.776. The van der Waals surface area contributed by atoms with Crippen molar-refractivity contribution in [3.8, 4) is 5.75 Å². The summed E-state index contributed by atoms with van der Waals surface area (Å²) in [5.74, 6) is 0.836. The Morgan fingerprint density at radius 1 is 1.23 bits per heavy atom. The highest BCUT2D eigenvalue weighted by molar-refractivity contribution is 5.68. The zero-order chi connectivity index (χ0) is 19.2. The number of nitrogens with zero attached hydrogens (tertiary/aromatic N) is 2. The Morgan fingerprint density at radius 3 is 2.42 bits per heavy atom. The molecule has 1 amide bonds. The lowest BCUT2D eigenvalue weighted by Gasteiger charge is -2.55. The lowest BCUT2D eigenvalue weighted by molar-refractivity contribution is 0.0282. The maximum atomic E-state index is 12.1. The van der Waals surface area contributed by atoms with Crippen molar-refractivity contribution in [3.05, 3.63) is 24.3 Å². The third-order valence-corrected chi connectivity index (χ3v) is 5.89. The van der Waals surface area contributed by atoms with Crippen LogP contribution < -0.4 is 9.64 Å². The van der Waals surface area contributed by atoms with Crippen molar-refractivity contribution in [2.24, 2.45) is 0 Å². The molecule has 5 heteroatoms. The van der Waals surface area contributed by atoms with E-state index < -0.39 is 6.09 Å². The average molecular weight is 363 g/mol. The van der Waals surface area contributed by atoms with Crippen LogP contribution >= 0.6 is 0 Å².